The number of carbonyl (C=O) groups excluding carboxylic acids is 2. The number of halogens is 1. The molecular formula is C37H49ClN4O6S. The second-order valence-electron chi connectivity index (χ2n) is 13.5. The summed E-state index contributed by atoms with van der Waals surface area (Å²) in [7, 11) is -4.18. The zero-order valence-electron chi connectivity index (χ0n) is 28.6. The lowest BCUT2D eigenvalue weighted by atomic mass is 9.88. The molecule has 3 aromatic carbocycles. The van der Waals surface area contributed by atoms with E-state index in [2.05, 4.69) is 16.0 Å². The summed E-state index contributed by atoms with van der Waals surface area (Å²) in [5.41, 5.74) is 0.0145. The van der Waals surface area contributed by atoms with Crippen LogP contribution in [0.2, 0.25) is 0 Å². The molecule has 4 rings (SSSR count). The molecule has 10 nitrogen and oxygen atoms in total. The van der Waals surface area contributed by atoms with E-state index in [1.54, 1.807) is 18.2 Å². The van der Waals surface area contributed by atoms with Gasteiger partial charge >= 0.3 is 0 Å². The number of furan rings is 1. The van der Waals surface area contributed by atoms with Crippen LogP contribution in [0.5, 0.6) is 0 Å². The predicted octanol–water partition coefficient (Wildman–Crippen LogP) is 5.26. The monoisotopic (exact) mass is 712 g/mol. The van der Waals surface area contributed by atoms with Crippen molar-refractivity contribution in [2.45, 2.75) is 64.1 Å². The number of fused-ring (bicyclic) bond motifs is 1. The molecule has 12 heteroatoms. The molecule has 0 aliphatic heterocycles. The minimum atomic E-state index is -4.18. The van der Waals surface area contributed by atoms with Gasteiger partial charge in [0.1, 0.15) is 11.3 Å². The first-order valence-electron chi connectivity index (χ1n) is 16.3. The molecule has 0 bridgehead atoms. The van der Waals surface area contributed by atoms with Crippen LogP contribution in [-0.4, -0.2) is 61.5 Å². The van der Waals surface area contributed by atoms with Crippen LogP contribution in [0.25, 0.3) is 11.0 Å². The molecule has 0 spiro atoms. The molecule has 1 heterocycles. The fourth-order valence-electron chi connectivity index (χ4n) is 5.56. The smallest absolute Gasteiger partial charge is 0.245 e. The third kappa shape index (κ3) is 11.7. The van der Waals surface area contributed by atoms with Gasteiger partial charge in [-0.15, -0.1) is 12.4 Å². The van der Waals surface area contributed by atoms with E-state index in [-0.39, 0.29) is 73.9 Å². The van der Waals surface area contributed by atoms with E-state index in [1.807, 2.05) is 88.4 Å². The molecule has 1 atom stereocenters. The highest BCUT2D eigenvalue weighted by molar-refractivity contribution is 7.89. The van der Waals surface area contributed by atoms with Crippen LogP contribution in [0, 0.1) is 11.3 Å². The summed E-state index contributed by atoms with van der Waals surface area (Å²) in [6.07, 6.45) is 1.61. The number of aliphatic hydroxyl groups is 1. The van der Waals surface area contributed by atoms with E-state index >= 15 is 0 Å². The number of carbonyl (C=O) groups is 2. The summed E-state index contributed by atoms with van der Waals surface area (Å²) in [5, 5.41) is 21.8. The van der Waals surface area contributed by atoms with Crippen LogP contribution in [0.1, 0.15) is 51.7 Å². The quantitative estimate of drug-likeness (QED) is 0.103. The van der Waals surface area contributed by atoms with Crippen LogP contribution in [-0.2, 0) is 32.6 Å². The third-order valence-corrected chi connectivity index (χ3v) is 9.96. The molecule has 0 saturated heterocycles. The van der Waals surface area contributed by atoms with Crippen LogP contribution in [0.3, 0.4) is 0 Å². The average molecular weight is 713 g/mol. The number of hydrogen-bond acceptors (Lipinski definition) is 7. The van der Waals surface area contributed by atoms with Gasteiger partial charge in [0.2, 0.25) is 21.8 Å². The van der Waals surface area contributed by atoms with Crippen molar-refractivity contribution in [3.8, 4) is 0 Å². The lowest BCUT2D eigenvalue weighted by Gasteiger charge is -2.40. The molecule has 1 unspecified atom stereocenters. The molecule has 0 aliphatic carbocycles. The zero-order chi connectivity index (χ0) is 34.8. The van der Waals surface area contributed by atoms with Crippen molar-refractivity contribution in [3.05, 3.63) is 102 Å². The van der Waals surface area contributed by atoms with Gasteiger partial charge in [0.15, 0.2) is 0 Å². The van der Waals surface area contributed by atoms with Gasteiger partial charge in [-0.2, -0.15) is 4.31 Å². The highest BCUT2D eigenvalue weighted by atomic mass is 35.5. The van der Waals surface area contributed by atoms with Gasteiger partial charge < -0.3 is 25.5 Å². The summed E-state index contributed by atoms with van der Waals surface area (Å²) in [4.78, 5) is 25.5. The molecule has 4 aromatic rings. The van der Waals surface area contributed by atoms with Crippen molar-refractivity contribution >= 4 is 45.2 Å². The van der Waals surface area contributed by atoms with E-state index in [9.17, 15) is 23.1 Å². The summed E-state index contributed by atoms with van der Waals surface area (Å²) in [6.45, 7) is 8.71. The second kappa shape index (κ2) is 17.8. The van der Waals surface area contributed by atoms with E-state index in [1.165, 1.54) is 16.6 Å². The molecule has 4 N–H and O–H groups in total. The first-order chi connectivity index (χ1) is 22.8. The number of benzene rings is 3. The third-order valence-electron chi connectivity index (χ3n) is 8.05. The van der Waals surface area contributed by atoms with Gasteiger partial charge in [-0.1, -0.05) is 88.4 Å². The normalized spacial score (nSPS) is 13.2. The molecular weight excluding hydrogens is 664 g/mol. The molecule has 2 amide bonds. The Labute approximate surface area is 296 Å². The molecule has 49 heavy (non-hydrogen) atoms. The highest BCUT2D eigenvalue weighted by Gasteiger charge is 2.43. The Bertz CT molecular complexity index is 1750. The first kappa shape index (κ1) is 39.7. The molecule has 266 valence electrons. The lowest BCUT2D eigenvalue weighted by Crippen LogP contribution is -2.55. The first-order valence-corrected chi connectivity index (χ1v) is 17.8. The van der Waals surface area contributed by atoms with Crippen molar-refractivity contribution in [1.82, 2.24) is 20.3 Å². The maximum Gasteiger partial charge on any atom is 0.245 e. The van der Waals surface area contributed by atoms with E-state index in [4.69, 9.17) is 4.42 Å². The summed E-state index contributed by atoms with van der Waals surface area (Å²) >= 11 is 0. The molecule has 0 fully saturated rings. The lowest BCUT2D eigenvalue weighted by molar-refractivity contribution is -0.125. The Balaban J connectivity index is 0.00000650. The number of nitrogens with zero attached hydrogens (tertiary/aromatic N) is 1. The molecule has 0 saturated carbocycles. The SMILES string of the molecule is CC(C)CN(C(O)(CCNC(=O)CC(C)(C)CNC(=O)CNCc1ccccc1)Cc1ccccc1)S(=O)(=O)c1ccc2occc2c1.Cl. The fourth-order valence-corrected chi connectivity index (χ4v) is 7.43. The average Bonchev–Trinajstić information content (AvgIpc) is 3.52. The molecule has 0 aliphatic rings. The van der Waals surface area contributed by atoms with E-state index < -0.39 is 21.2 Å². The maximum absolute atomic E-state index is 14.2. The summed E-state index contributed by atoms with van der Waals surface area (Å²) < 4.78 is 35.0. The summed E-state index contributed by atoms with van der Waals surface area (Å²) in [5.74, 6) is -0.523. The standard InChI is InChI=1S/C37H48N4O6S.ClH/c1-28(2)26-41(48(45,46)32-15-16-33-31(21-32)17-20-47-33)37(44,22-29-11-7-5-8-12-29)18-19-39-34(42)23-36(3,4)27-40-35(43)25-38-24-30-13-9-6-10-14-30;/h5-17,20-21,28,38,44H,18-19,22-27H2,1-4H3,(H,39,42)(H,40,43);1H. The van der Waals surface area contributed by atoms with Gasteiger partial charge in [-0.3, -0.25) is 9.59 Å². The van der Waals surface area contributed by atoms with Crippen molar-refractivity contribution < 1.29 is 27.5 Å². The predicted molar refractivity (Wildman–Crippen MR) is 194 cm³/mol. The maximum atomic E-state index is 14.2. The minimum absolute atomic E-state index is 0. The minimum Gasteiger partial charge on any atom is -0.464 e. The van der Waals surface area contributed by atoms with Crippen LogP contribution in [0.15, 0.2) is 101 Å². The van der Waals surface area contributed by atoms with Crippen LogP contribution < -0.4 is 16.0 Å². The van der Waals surface area contributed by atoms with Gasteiger partial charge in [-0.05, 0) is 46.7 Å². The Morgan fingerprint density at radius 2 is 1.55 bits per heavy atom. The Hall–Kier alpha value is -3.74. The van der Waals surface area contributed by atoms with E-state index in [0.717, 1.165) is 11.1 Å². The number of amides is 2. The van der Waals surface area contributed by atoms with Gasteiger partial charge in [0.25, 0.3) is 0 Å². The number of hydrogen-bond donors (Lipinski definition) is 4. The Morgan fingerprint density at radius 1 is 0.898 bits per heavy atom. The summed E-state index contributed by atoms with van der Waals surface area (Å²) in [6, 6.07) is 25.4. The number of rotatable bonds is 18. The Kier molecular flexibility index (Phi) is 14.4. The van der Waals surface area contributed by atoms with E-state index in [0.29, 0.717) is 24.1 Å². The van der Waals surface area contributed by atoms with Crippen molar-refractivity contribution in [2.24, 2.45) is 11.3 Å². The highest BCUT2D eigenvalue weighted by Crippen LogP contribution is 2.32. The number of nitrogens with one attached hydrogen (secondary N) is 3. The molecule has 0 radical (unpaired) electrons. The molecule has 1 aromatic heterocycles. The van der Waals surface area contributed by atoms with Crippen molar-refractivity contribution in [3.63, 3.8) is 0 Å². The van der Waals surface area contributed by atoms with Crippen molar-refractivity contribution in [1.29, 1.82) is 0 Å². The van der Waals surface area contributed by atoms with Crippen LogP contribution in [0.4, 0.5) is 0 Å². The Morgan fingerprint density at radius 3 is 2.20 bits per heavy atom. The van der Waals surface area contributed by atoms with Gasteiger partial charge in [0, 0.05) is 50.8 Å². The topological polar surface area (TPSA) is 141 Å². The largest absolute Gasteiger partial charge is 0.464 e. The number of sulfonamides is 1. The second-order valence-corrected chi connectivity index (χ2v) is 15.4. The van der Waals surface area contributed by atoms with Gasteiger partial charge in [0.05, 0.1) is 17.7 Å². The zero-order valence-corrected chi connectivity index (χ0v) is 30.3. The van der Waals surface area contributed by atoms with Gasteiger partial charge in [-0.25, -0.2) is 8.42 Å². The van der Waals surface area contributed by atoms with Crippen LogP contribution >= 0.6 is 12.4 Å². The van der Waals surface area contributed by atoms with Crippen molar-refractivity contribution in [2.75, 3.05) is 26.2 Å². The fraction of sp³-hybridized carbons (Fsp3) is 0.405.